The van der Waals surface area contributed by atoms with Crippen molar-refractivity contribution in [1.82, 2.24) is 13.9 Å². The fourth-order valence-electron chi connectivity index (χ4n) is 2.61. The molecule has 4 rings (SSSR count). The normalized spacial score (nSPS) is 11.9. The average molecular weight is 391 g/mol. The fraction of sp³-hybridized carbons (Fsp3) is 0.0556. The van der Waals surface area contributed by atoms with Gasteiger partial charge in [0.05, 0.1) is 11.3 Å². The van der Waals surface area contributed by atoms with Gasteiger partial charge in [-0.1, -0.05) is 0 Å². The zero-order valence-corrected chi connectivity index (χ0v) is 14.2. The topological polar surface area (TPSA) is 47.8 Å². The van der Waals surface area contributed by atoms with E-state index in [0.717, 1.165) is 28.2 Å². The zero-order valence-electron chi connectivity index (χ0n) is 13.4. The van der Waals surface area contributed by atoms with Gasteiger partial charge in [0.1, 0.15) is 28.1 Å². The number of fused-ring (bicyclic) bond motifs is 1. The Kier molecular flexibility index (Phi) is 4.03. The van der Waals surface area contributed by atoms with E-state index in [1.165, 1.54) is 42.7 Å². The van der Waals surface area contributed by atoms with Gasteiger partial charge >= 0.3 is 6.18 Å². The van der Waals surface area contributed by atoms with E-state index in [2.05, 4.69) is 9.36 Å². The van der Waals surface area contributed by atoms with Gasteiger partial charge in [-0.25, -0.2) is 9.37 Å². The van der Waals surface area contributed by atoms with E-state index in [-0.39, 0.29) is 10.4 Å². The number of alkyl halides is 3. The Hall–Kier alpha value is -3.07. The van der Waals surface area contributed by atoms with Gasteiger partial charge in [0, 0.05) is 5.56 Å². The molecule has 0 fully saturated rings. The first-order chi connectivity index (χ1) is 12.8. The molecule has 0 saturated carbocycles. The Labute approximate surface area is 153 Å². The first-order valence-electron chi connectivity index (χ1n) is 7.65. The molecule has 0 unspecified atom stereocenters. The summed E-state index contributed by atoms with van der Waals surface area (Å²) in [6, 6.07) is 9.86. The molecule has 0 aliphatic heterocycles. The van der Waals surface area contributed by atoms with Crippen LogP contribution >= 0.6 is 11.5 Å². The minimum atomic E-state index is -4.45. The molecule has 4 nitrogen and oxygen atoms in total. The van der Waals surface area contributed by atoms with Crippen LogP contribution in [0, 0.1) is 5.82 Å². The number of aromatic nitrogens is 3. The lowest BCUT2D eigenvalue weighted by Gasteiger charge is -2.09. The molecular weight excluding hydrogens is 382 g/mol. The number of benzene rings is 2. The van der Waals surface area contributed by atoms with E-state index in [1.54, 1.807) is 0 Å². The summed E-state index contributed by atoms with van der Waals surface area (Å²) in [5.41, 5.74) is 0.447. The first kappa shape index (κ1) is 17.3. The molecule has 0 N–H and O–H groups in total. The van der Waals surface area contributed by atoms with E-state index in [1.807, 2.05) is 0 Å². The highest BCUT2D eigenvalue weighted by molar-refractivity contribution is 7.13. The van der Waals surface area contributed by atoms with Crippen LogP contribution in [0.25, 0.3) is 27.2 Å². The molecule has 0 bridgehead atoms. The zero-order chi connectivity index (χ0) is 19.2. The summed E-state index contributed by atoms with van der Waals surface area (Å²) in [4.78, 5) is 17.0. The van der Waals surface area contributed by atoms with Crippen molar-refractivity contribution in [1.29, 1.82) is 0 Å². The van der Waals surface area contributed by atoms with E-state index in [0.29, 0.717) is 16.8 Å². The Morgan fingerprint density at radius 2 is 1.63 bits per heavy atom. The van der Waals surface area contributed by atoms with Crippen LogP contribution in [-0.2, 0) is 6.18 Å². The second kappa shape index (κ2) is 6.27. The minimum absolute atomic E-state index is 0.261. The summed E-state index contributed by atoms with van der Waals surface area (Å²) in [6.45, 7) is 0. The lowest BCUT2D eigenvalue weighted by molar-refractivity contribution is -0.137. The highest BCUT2D eigenvalue weighted by Gasteiger charge is 2.30. The SMILES string of the molecule is O=c1c2snc(-c3ccc(F)cc3)c2ncn1-c1ccc(C(F)(F)F)cc1. The molecule has 0 amide bonds. The largest absolute Gasteiger partial charge is 0.416 e. The summed E-state index contributed by atoms with van der Waals surface area (Å²) in [5, 5.41) is 0. The van der Waals surface area contributed by atoms with Crippen molar-refractivity contribution in [3.63, 3.8) is 0 Å². The van der Waals surface area contributed by atoms with Gasteiger partial charge < -0.3 is 0 Å². The molecule has 136 valence electrons. The molecule has 0 atom stereocenters. The van der Waals surface area contributed by atoms with Gasteiger partial charge in [-0.05, 0) is 60.1 Å². The molecule has 0 saturated heterocycles. The Balaban J connectivity index is 1.80. The molecule has 0 aliphatic carbocycles. The molecule has 27 heavy (non-hydrogen) atoms. The third-order valence-corrected chi connectivity index (χ3v) is 4.80. The summed E-state index contributed by atoms with van der Waals surface area (Å²) in [7, 11) is 0. The van der Waals surface area contributed by atoms with Gasteiger partial charge in [0.15, 0.2) is 0 Å². The Bertz CT molecular complexity index is 1180. The standard InChI is InChI=1S/C18H9F4N3OS/c19-12-5-1-10(2-6-12)14-15-16(27-24-14)17(26)25(9-23-15)13-7-3-11(4-8-13)18(20,21)22/h1-9H. The Morgan fingerprint density at radius 1 is 0.963 bits per heavy atom. The summed E-state index contributed by atoms with van der Waals surface area (Å²) >= 11 is 0.936. The lowest BCUT2D eigenvalue weighted by atomic mass is 10.1. The first-order valence-corrected chi connectivity index (χ1v) is 8.42. The molecule has 0 spiro atoms. The van der Waals surface area contributed by atoms with Gasteiger partial charge in [-0.3, -0.25) is 9.36 Å². The lowest BCUT2D eigenvalue weighted by Crippen LogP contribution is -2.18. The van der Waals surface area contributed by atoms with Crippen molar-refractivity contribution in [2.45, 2.75) is 6.18 Å². The monoisotopic (exact) mass is 391 g/mol. The maximum atomic E-state index is 13.1. The molecular formula is C18H9F4N3OS. The predicted octanol–water partition coefficient (Wildman–Crippen LogP) is 4.67. The number of rotatable bonds is 2. The molecule has 2 heterocycles. The highest BCUT2D eigenvalue weighted by Crippen LogP contribution is 2.30. The van der Waals surface area contributed by atoms with Crippen molar-refractivity contribution >= 4 is 21.7 Å². The maximum Gasteiger partial charge on any atom is 0.416 e. The second-order valence-electron chi connectivity index (χ2n) is 5.68. The van der Waals surface area contributed by atoms with Crippen LogP contribution in [0.3, 0.4) is 0 Å². The molecule has 0 aliphatic rings. The van der Waals surface area contributed by atoms with Crippen LogP contribution < -0.4 is 5.56 Å². The molecule has 0 radical (unpaired) electrons. The van der Waals surface area contributed by atoms with Crippen LogP contribution in [0.5, 0.6) is 0 Å². The van der Waals surface area contributed by atoms with Crippen molar-refractivity contribution in [2.75, 3.05) is 0 Å². The number of halogens is 4. The Morgan fingerprint density at radius 3 is 2.26 bits per heavy atom. The van der Waals surface area contributed by atoms with Crippen molar-refractivity contribution in [3.05, 3.63) is 76.6 Å². The summed E-state index contributed by atoms with van der Waals surface area (Å²) < 4.78 is 56.8. The van der Waals surface area contributed by atoms with Gasteiger partial charge in [-0.15, -0.1) is 0 Å². The highest BCUT2D eigenvalue weighted by atomic mass is 32.1. The fourth-order valence-corrected chi connectivity index (χ4v) is 3.40. The summed E-state index contributed by atoms with van der Waals surface area (Å²) in [5.74, 6) is -0.393. The third kappa shape index (κ3) is 3.10. The quantitative estimate of drug-likeness (QED) is 0.467. The van der Waals surface area contributed by atoms with Crippen LogP contribution in [0.4, 0.5) is 17.6 Å². The van der Waals surface area contributed by atoms with E-state index < -0.39 is 23.1 Å². The number of hydrogen-bond acceptors (Lipinski definition) is 4. The molecule has 2 aromatic carbocycles. The van der Waals surface area contributed by atoms with Crippen molar-refractivity contribution in [2.24, 2.45) is 0 Å². The van der Waals surface area contributed by atoms with Crippen molar-refractivity contribution < 1.29 is 17.6 Å². The van der Waals surface area contributed by atoms with E-state index >= 15 is 0 Å². The molecule has 9 heteroatoms. The van der Waals surface area contributed by atoms with E-state index in [4.69, 9.17) is 0 Å². The van der Waals surface area contributed by atoms with Crippen LogP contribution in [0.1, 0.15) is 5.56 Å². The molecule has 4 aromatic rings. The number of hydrogen-bond donors (Lipinski definition) is 0. The number of nitrogens with zero attached hydrogens (tertiary/aromatic N) is 3. The maximum absolute atomic E-state index is 13.1. The van der Waals surface area contributed by atoms with Gasteiger partial charge in [0.25, 0.3) is 5.56 Å². The van der Waals surface area contributed by atoms with Crippen molar-refractivity contribution in [3.8, 4) is 16.9 Å². The summed E-state index contributed by atoms with van der Waals surface area (Å²) in [6.07, 6.45) is -3.21. The average Bonchev–Trinajstić information content (AvgIpc) is 3.07. The van der Waals surface area contributed by atoms with Crippen LogP contribution in [0.2, 0.25) is 0 Å². The molecule has 2 aromatic heterocycles. The predicted molar refractivity (Wildman–Crippen MR) is 93.4 cm³/mol. The van der Waals surface area contributed by atoms with Gasteiger partial charge in [-0.2, -0.15) is 17.5 Å². The van der Waals surface area contributed by atoms with Crippen LogP contribution in [0.15, 0.2) is 59.7 Å². The van der Waals surface area contributed by atoms with E-state index in [9.17, 15) is 22.4 Å². The second-order valence-corrected chi connectivity index (χ2v) is 6.45. The third-order valence-electron chi connectivity index (χ3n) is 3.97. The van der Waals surface area contributed by atoms with Gasteiger partial charge in [0.2, 0.25) is 0 Å². The minimum Gasteiger partial charge on any atom is -0.267 e. The van der Waals surface area contributed by atoms with Crippen LogP contribution in [-0.4, -0.2) is 13.9 Å². The smallest absolute Gasteiger partial charge is 0.267 e.